The van der Waals surface area contributed by atoms with Crippen LogP contribution in [0.1, 0.15) is 32.3 Å². The minimum Gasteiger partial charge on any atom is -0.410 e. The van der Waals surface area contributed by atoms with E-state index >= 15 is 0 Å². The van der Waals surface area contributed by atoms with Gasteiger partial charge in [-0.05, 0) is 36.6 Å². The molecule has 0 fully saturated rings. The number of amides is 1. The Labute approximate surface area is 109 Å². The van der Waals surface area contributed by atoms with Crippen molar-refractivity contribution < 1.29 is 9.53 Å². The lowest BCUT2D eigenvalue weighted by molar-refractivity contribution is 0.201. The topological polar surface area (TPSA) is 41.6 Å². The van der Waals surface area contributed by atoms with Gasteiger partial charge in [0.15, 0.2) is 0 Å². The Hall–Kier alpha value is -1.71. The van der Waals surface area contributed by atoms with Gasteiger partial charge in [0.25, 0.3) is 0 Å². The average molecular weight is 250 g/mol. The minimum atomic E-state index is -0.412. The number of ether oxygens (including phenoxy) is 1. The van der Waals surface area contributed by atoms with E-state index in [4.69, 9.17) is 4.74 Å². The zero-order valence-electron chi connectivity index (χ0n) is 11.8. The average Bonchev–Trinajstić information content (AvgIpc) is 2.28. The van der Waals surface area contributed by atoms with Crippen LogP contribution in [0.3, 0.4) is 0 Å². The molecule has 1 aromatic carbocycles. The van der Waals surface area contributed by atoms with E-state index in [0.717, 1.165) is 5.69 Å². The SMILES string of the molecule is CCNC(=O)Oc1ccc(N(C)C)c(C(C)C)c1. The Kier molecular flexibility index (Phi) is 5.01. The van der Waals surface area contributed by atoms with Crippen LogP contribution in [0.2, 0.25) is 0 Å². The fourth-order valence-corrected chi connectivity index (χ4v) is 1.75. The zero-order valence-corrected chi connectivity index (χ0v) is 11.8. The molecule has 0 aliphatic heterocycles. The fourth-order valence-electron chi connectivity index (χ4n) is 1.75. The molecule has 1 rings (SSSR count). The van der Waals surface area contributed by atoms with Crippen molar-refractivity contribution >= 4 is 11.8 Å². The molecule has 0 atom stereocenters. The smallest absolute Gasteiger partial charge is 0.410 e. The molecular weight excluding hydrogens is 228 g/mol. The van der Waals surface area contributed by atoms with Crippen molar-refractivity contribution in [2.45, 2.75) is 26.7 Å². The molecule has 1 aromatic rings. The molecule has 0 saturated carbocycles. The van der Waals surface area contributed by atoms with Gasteiger partial charge in [-0.1, -0.05) is 13.8 Å². The number of anilines is 1. The summed E-state index contributed by atoms with van der Waals surface area (Å²) in [5, 5.41) is 2.61. The van der Waals surface area contributed by atoms with Gasteiger partial charge in [0.1, 0.15) is 5.75 Å². The van der Waals surface area contributed by atoms with Gasteiger partial charge in [-0.25, -0.2) is 4.79 Å². The van der Waals surface area contributed by atoms with Crippen LogP contribution in [-0.4, -0.2) is 26.7 Å². The zero-order chi connectivity index (χ0) is 13.7. The lowest BCUT2D eigenvalue weighted by Crippen LogP contribution is -2.26. The maximum atomic E-state index is 11.4. The third-order valence-electron chi connectivity index (χ3n) is 2.63. The van der Waals surface area contributed by atoms with Gasteiger partial charge in [0, 0.05) is 26.3 Å². The van der Waals surface area contributed by atoms with Gasteiger partial charge in [0.05, 0.1) is 0 Å². The molecule has 0 aromatic heterocycles. The van der Waals surface area contributed by atoms with Crippen LogP contribution in [0.4, 0.5) is 10.5 Å². The van der Waals surface area contributed by atoms with Crippen LogP contribution in [-0.2, 0) is 0 Å². The third kappa shape index (κ3) is 3.65. The largest absolute Gasteiger partial charge is 0.412 e. The molecule has 0 aliphatic rings. The number of nitrogens with zero attached hydrogens (tertiary/aromatic N) is 1. The summed E-state index contributed by atoms with van der Waals surface area (Å²) in [6.45, 7) is 6.66. The van der Waals surface area contributed by atoms with Gasteiger partial charge in [-0.2, -0.15) is 0 Å². The van der Waals surface area contributed by atoms with Crippen LogP contribution in [0, 0.1) is 0 Å². The van der Waals surface area contributed by atoms with E-state index in [1.165, 1.54) is 5.56 Å². The molecule has 0 radical (unpaired) electrons. The quantitative estimate of drug-likeness (QED) is 0.893. The summed E-state index contributed by atoms with van der Waals surface area (Å²) in [5.41, 5.74) is 2.31. The summed E-state index contributed by atoms with van der Waals surface area (Å²) in [4.78, 5) is 13.4. The molecule has 4 heteroatoms. The van der Waals surface area contributed by atoms with E-state index in [0.29, 0.717) is 18.2 Å². The molecule has 0 spiro atoms. The highest BCUT2D eigenvalue weighted by Gasteiger charge is 2.11. The van der Waals surface area contributed by atoms with Gasteiger partial charge >= 0.3 is 6.09 Å². The minimum absolute atomic E-state index is 0.375. The second-order valence-electron chi connectivity index (χ2n) is 4.69. The second-order valence-corrected chi connectivity index (χ2v) is 4.69. The van der Waals surface area contributed by atoms with Crippen LogP contribution >= 0.6 is 0 Å². The molecular formula is C14H22N2O2. The normalized spacial score (nSPS) is 10.3. The molecule has 0 bridgehead atoms. The number of carbonyl (C=O) groups excluding carboxylic acids is 1. The number of rotatable bonds is 4. The Morgan fingerprint density at radius 1 is 1.39 bits per heavy atom. The lowest BCUT2D eigenvalue weighted by atomic mass is 10.0. The molecule has 1 N–H and O–H groups in total. The Morgan fingerprint density at radius 3 is 2.56 bits per heavy atom. The van der Waals surface area contributed by atoms with E-state index < -0.39 is 6.09 Å². The molecule has 1 amide bonds. The number of carbonyl (C=O) groups is 1. The Balaban J connectivity index is 2.96. The second kappa shape index (κ2) is 6.28. The molecule has 18 heavy (non-hydrogen) atoms. The molecule has 100 valence electrons. The van der Waals surface area contributed by atoms with Crippen molar-refractivity contribution in [1.82, 2.24) is 5.32 Å². The predicted octanol–water partition coefficient (Wildman–Crippen LogP) is 2.98. The summed E-state index contributed by atoms with van der Waals surface area (Å²) in [6, 6.07) is 5.72. The van der Waals surface area contributed by atoms with Crippen molar-refractivity contribution in [2.24, 2.45) is 0 Å². The summed E-state index contributed by atoms with van der Waals surface area (Å²) < 4.78 is 5.21. The van der Waals surface area contributed by atoms with Crippen molar-refractivity contribution in [1.29, 1.82) is 0 Å². The number of hydrogen-bond acceptors (Lipinski definition) is 3. The molecule has 0 heterocycles. The van der Waals surface area contributed by atoms with Gasteiger partial charge in [-0.15, -0.1) is 0 Å². The van der Waals surface area contributed by atoms with E-state index in [1.807, 2.05) is 39.2 Å². The standard InChI is InChI=1S/C14H22N2O2/c1-6-15-14(17)18-11-7-8-13(16(4)5)12(9-11)10(2)3/h7-10H,6H2,1-5H3,(H,15,17). The fraction of sp³-hybridized carbons (Fsp3) is 0.500. The van der Waals surface area contributed by atoms with Crippen LogP contribution < -0.4 is 15.0 Å². The van der Waals surface area contributed by atoms with Crippen LogP contribution in [0.25, 0.3) is 0 Å². The predicted molar refractivity (Wildman–Crippen MR) is 74.6 cm³/mol. The lowest BCUT2D eigenvalue weighted by Gasteiger charge is -2.20. The number of hydrogen-bond donors (Lipinski definition) is 1. The monoisotopic (exact) mass is 250 g/mol. The highest BCUT2D eigenvalue weighted by molar-refractivity contribution is 5.71. The molecule has 4 nitrogen and oxygen atoms in total. The first-order valence-corrected chi connectivity index (χ1v) is 6.22. The third-order valence-corrected chi connectivity index (χ3v) is 2.63. The summed E-state index contributed by atoms with van der Waals surface area (Å²) in [6.07, 6.45) is -0.412. The van der Waals surface area contributed by atoms with Crippen molar-refractivity contribution in [3.05, 3.63) is 23.8 Å². The Bertz CT molecular complexity index is 414. The van der Waals surface area contributed by atoms with E-state index in [2.05, 4.69) is 24.1 Å². The van der Waals surface area contributed by atoms with Gasteiger partial charge < -0.3 is 15.0 Å². The van der Waals surface area contributed by atoms with E-state index in [1.54, 1.807) is 0 Å². The van der Waals surface area contributed by atoms with Gasteiger partial charge in [0.2, 0.25) is 0 Å². The van der Waals surface area contributed by atoms with Crippen molar-refractivity contribution in [2.75, 3.05) is 25.5 Å². The summed E-state index contributed by atoms with van der Waals surface area (Å²) in [7, 11) is 4.01. The first-order valence-electron chi connectivity index (χ1n) is 6.22. The van der Waals surface area contributed by atoms with Gasteiger partial charge in [-0.3, -0.25) is 0 Å². The molecule has 0 saturated heterocycles. The highest BCUT2D eigenvalue weighted by Crippen LogP contribution is 2.30. The molecule has 0 unspecified atom stereocenters. The van der Waals surface area contributed by atoms with Crippen molar-refractivity contribution in [3.8, 4) is 5.75 Å². The summed E-state index contributed by atoms with van der Waals surface area (Å²) in [5.74, 6) is 0.954. The van der Waals surface area contributed by atoms with Crippen LogP contribution in [0.15, 0.2) is 18.2 Å². The van der Waals surface area contributed by atoms with E-state index in [-0.39, 0.29) is 0 Å². The van der Waals surface area contributed by atoms with Crippen molar-refractivity contribution in [3.63, 3.8) is 0 Å². The number of benzene rings is 1. The van der Waals surface area contributed by atoms with Crippen LogP contribution in [0.5, 0.6) is 5.75 Å². The first kappa shape index (κ1) is 14.4. The molecule has 0 aliphatic carbocycles. The number of nitrogens with one attached hydrogen (secondary N) is 1. The highest BCUT2D eigenvalue weighted by atomic mass is 16.5. The maximum absolute atomic E-state index is 11.4. The maximum Gasteiger partial charge on any atom is 0.412 e. The van der Waals surface area contributed by atoms with E-state index in [9.17, 15) is 4.79 Å². The summed E-state index contributed by atoms with van der Waals surface area (Å²) >= 11 is 0. The first-order chi connectivity index (χ1) is 8.45. The Morgan fingerprint density at radius 2 is 2.06 bits per heavy atom.